The summed E-state index contributed by atoms with van der Waals surface area (Å²) in [6.45, 7) is 6.50. The van der Waals surface area contributed by atoms with Gasteiger partial charge in [0.25, 0.3) is 0 Å². The first kappa shape index (κ1) is 24.3. The van der Waals surface area contributed by atoms with Crippen molar-refractivity contribution in [1.29, 1.82) is 0 Å². The normalized spacial score (nSPS) is 15.0. The Morgan fingerprint density at radius 2 is 1.76 bits per heavy atom. The van der Waals surface area contributed by atoms with Gasteiger partial charge in [0.15, 0.2) is 0 Å². The van der Waals surface area contributed by atoms with E-state index >= 15 is 0 Å². The molecule has 0 aromatic heterocycles. The first-order valence-corrected chi connectivity index (χ1v) is 12.4. The fraction of sp³-hybridized carbons (Fsp3) is 0.333. The van der Waals surface area contributed by atoms with Crippen LogP contribution in [0.4, 0.5) is 16.2 Å². The number of carbonyl (C=O) groups is 2. The summed E-state index contributed by atoms with van der Waals surface area (Å²) in [7, 11) is -1.73. The lowest BCUT2D eigenvalue weighted by molar-refractivity contribution is -0.120. The summed E-state index contributed by atoms with van der Waals surface area (Å²) in [5, 5.41) is 2.36. The van der Waals surface area contributed by atoms with Gasteiger partial charge in [-0.05, 0) is 35.2 Å². The van der Waals surface area contributed by atoms with Crippen LogP contribution in [-0.4, -0.2) is 40.3 Å². The number of urea groups is 1. The van der Waals surface area contributed by atoms with Crippen LogP contribution in [0.3, 0.4) is 0 Å². The number of benzene rings is 2. The molecule has 0 unspecified atom stereocenters. The molecule has 0 saturated carbocycles. The third-order valence-corrected chi connectivity index (χ3v) is 5.76. The number of nitrogens with one attached hydrogen (secondary N) is 2. The van der Waals surface area contributed by atoms with Crippen LogP contribution >= 0.6 is 0 Å². The molecule has 8 nitrogen and oxygen atoms in total. The SMILES string of the molecule is COc1c(/C=C\c2ccc(NS(C)(=O)=O)cc2)cc(N2CCC(=O)NC2=O)cc1C(C)(C)C. The standard InChI is InChI=1S/C24H29N3O5S/c1-24(2,3)20-15-19(27-13-12-21(28)25-23(27)29)14-17(22(20)32-4)9-6-16-7-10-18(11-8-16)26-33(5,30)31/h6-11,14-15,26H,12-13H2,1-5H3,(H,25,28,29)/b9-6-. The van der Waals surface area contributed by atoms with Gasteiger partial charge in [-0.1, -0.05) is 45.1 Å². The Morgan fingerprint density at radius 1 is 1.09 bits per heavy atom. The first-order valence-electron chi connectivity index (χ1n) is 10.5. The molecular weight excluding hydrogens is 442 g/mol. The van der Waals surface area contributed by atoms with Gasteiger partial charge in [-0.25, -0.2) is 13.2 Å². The summed E-state index contributed by atoms with van der Waals surface area (Å²) in [6, 6.07) is 10.3. The van der Waals surface area contributed by atoms with Crippen LogP contribution in [0.5, 0.6) is 5.75 Å². The van der Waals surface area contributed by atoms with Crippen LogP contribution in [0, 0.1) is 0 Å². The van der Waals surface area contributed by atoms with E-state index in [9.17, 15) is 18.0 Å². The molecular formula is C24H29N3O5S. The minimum Gasteiger partial charge on any atom is -0.496 e. The van der Waals surface area contributed by atoms with Crippen molar-refractivity contribution < 1.29 is 22.7 Å². The lowest BCUT2D eigenvalue weighted by Gasteiger charge is -2.30. The van der Waals surface area contributed by atoms with E-state index < -0.39 is 16.1 Å². The largest absolute Gasteiger partial charge is 0.496 e. The fourth-order valence-corrected chi connectivity index (χ4v) is 4.14. The summed E-state index contributed by atoms with van der Waals surface area (Å²) in [5.41, 5.74) is 3.47. The van der Waals surface area contributed by atoms with Gasteiger partial charge in [-0.3, -0.25) is 19.7 Å². The Hall–Kier alpha value is -3.33. The predicted octanol–water partition coefficient (Wildman–Crippen LogP) is 3.98. The maximum atomic E-state index is 12.4. The number of rotatable bonds is 6. The van der Waals surface area contributed by atoms with E-state index in [0.29, 0.717) is 23.7 Å². The Morgan fingerprint density at radius 3 is 2.30 bits per heavy atom. The van der Waals surface area contributed by atoms with Gasteiger partial charge in [0.1, 0.15) is 5.75 Å². The summed E-state index contributed by atoms with van der Waals surface area (Å²) < 4.78 is 31.0. The van der Waals surface area contributed by atoms with Crippen molar-refractivity contribution in [2.45, 2.75) is 32.6 Å². The number of amides is 3. The lowest BCUT2D eigenvalue weighted by atomic mass is 9.84. The quantitative estimate of drug-likeness (QED) is 0.620. The molecule has 176 valence electrons. The minimum absolute atomic E-state index is 0.238. The minimum atomic E-state index is -3.34. The zero-order valence-corrected chi connectivity index (χ0v) is 20.2. The average molecular weight is 472 g/mol. The second kappa shape index (κ2) is 9.27. The second-order valence-electron chi connectivity index (χ2n) is 8.95. The molecule has 1 saturated heterocycles. The van der Waals surface area contributed by atoms with E-state index in [1.165, 1.54) is 0 Å². The summed E-state index contributed by atoms with van der Waals surface area (Å²) in [5.74, 6) is 0.418. The Bertz CT molecular complexity index is 1200. The molecule has 3 rings (SSSR count). The number of sulfonamides is 1. The zero-order valence-electron chi connectivity index (χ0n) is 19.4. The molecule has 0 spiro atoms. The smallest absolute Gasteiger partial charge is 0.328 e. The van der Waals surface area contributed by atoms with Gasteiger partial charge in [-0.15, -0.1) is 0 Å². The van der Waals surface area contributed by atoms with Crippen LogP contribution < -0.4 is 19.7 Å². The van der Waals surface area contributed by atoms with Crippen LogP contribution in [0.1, 0.15) is 43.9 Å². The highest BCUT2D eigenvalue weighted by atomic mass is 32.2. The monoisotopic (exact) mass is 471 g/mol. The predicted molar refractivity (Wildman–Crippen MR) is 131 cm³/mol. The van der Waals surface area contributed by atoms with Crippen LogP contribution in [0.25, 0.3) is 12.2 Å². The van der Waals surface area contributed by atoms with Gasteiger partial charge in [-0.2, -0.15) is 0 Å². The topological polar surface area (TPSA) is 105 Å². The third kappa shape index (κ3) is 6.13. The van der Waals surface area contributed by atoms with Gasteiger partial charge in [0.2, 0.25) is 15.9 Å². The van der Waals surface area contributed by atoms with Gasteiger partial charge in [0.05, 0.1) is 13.4 Å². The molecule has 1 fully saturated rings. The number of carbonyl (C=O) groups excluding carboxylic acids is 2. The molecule has 1 heterocycles. The Balaban J connectivity index is 2.01. The van der Waals surface area contributed by atoms with Crippen LogP contribution in [0.15, 0.2) is 36.4 Å². The number of hydrogen-bond donors (Lipinski definition) is 2. The molecule has 1 aliphatic rings. The maximum Gasteiger partial charge on any atom is 0.328 e. The van der Waals surface area contributed by atoms with E-state index in [1.807, 2.05) is 24.3 Å². The van der Waals surface area contributed by atoms with Crippen molar-refractivity contribution in [3.8, 4) is 5.75 Å². The molecule has 1 aliphatic heterocycles. The molecule has 0 aliphatic carbocycles. The van der Waals surface area contributed by atoms with Crippen LogP contribution in [0.2, 0.25) is 0 Å². The highest BCUT2D eigenvalue weighted by Crippen LogP contribution is 2.39. The summed E-state index contributed by atoms with van der Waals surface area (Å²) in [6.07, 6.45) is 5.12. The molecule has 3 amide bonds. The number of nitrogens with zero attached hydrogens (tertiary/aromatic N) is 1. The van der Waals surface area contributed by atoms with Crippen molar-refractivity contribution in [2.75, 3.05) is 29.5 Å². The third-order valence-electron chi connectivity index (χ3n) is 5.15. The highest BCUT2D eigenvalue weighted by molar-refractivity contribution is 7.92. The maximum absolute atomic E-state index is 12.4. The van der Waals surface area contributed by atoms with Crippen molar-refractivity contribution in [1.82, 2.24) is 5.32 Å². The van der Waals surface area contributed by atoms with Gasteiger partial charge in [0, 0.05) is 35.5 Å². The number of methoxy groups -OCH3 is 1. The van der Waals surface area contributed by atoms with E-state index in [-0.39, 0.29) is 17.7 Å². The molecule has 2 N–H and O–H groups in total. The van der Waals surface area contributed by atoms with Gasteiger partial charge < -0.3 is 4.74 Å². The second-order valence-corrected chi connectivity index (χ2v) is 10.7. The number of hydrogen-bond acceptors (Lipinski definition) is 5. The number of anilines is 2. The molecule has 2 aromatic rings. The number of imide groups is 1. The van der Waals surface area contributed by atoms with Gasteiger partial charge >= 0.3 is 6.03 Å². The van der Waals surface area contributed by atoms with E-state index in [1.54, 1.807) is 36.3 Å². The first-order chi connectivity index (χ1) is 15.4. The Kier molecular flexibility index (Phi) is 6.83. The van der Waals surface area contributed by atoms with Crippen molar-refractivity contribution in [3.63, 3.8) is 0 Å². The van der Waals surface area contributed by atoms with Crippen molar-refractivity contribution in [2.24, 2.45) is 0 Å². The number of ether oxygens (including phenoxy) is 1. The zero-order chi connectivity index (χ0) is 24.4. The molecule has 0 atom stereocenters. The molecule has 0 radical (unpaired) electrons. The average Bonchev–Trinajstić information content (AvgIpc) is 2.71. The van der Waals surface area contributed by atoms with E-state index in [0.717, 1.165) is 22.9 Å². The molecule has 2 aromatic carbocycles. The summed E-state index contributed by atoms with van der Waals surface area (Å²) in [4.78, 5) is 25.6. The van der Waals surface area contributed by atoms with Crippen molar-refractivity contribution in [3.05, 3.63) is 53.1 Å². The Labute approximate surface area is 194 Å². The fourth-order valence-electron chi connectivity index (χ4n) is 3.57. The van der Waals surface area contributed by atoms with E-state index in [4.69, 9.17) is 4.74 Å². The molecule has 0 bridgehead atoms. The van der Waals surface area contributed by atoms with Crippen molar-refractivity contribution >= 4 is 45.5 Å². The van der Waals surface area contributed by atoms with E-state index in [2.05, 4.69) is 30.8 Å². The molecule has 9 heteroatoms. The summed E-state index contributed by atoms with van der Waals surface area (Å²) >= 11 is 0. The highest BCUT2D eigenvalue weighted by Gasteiger charge is 2.28. The lowest BCUT2D eigenvalue weighted by Crippen LogP contribution is -2.49. The van der Waals surface area contributed by atoms with Crippen LogP contribution in [-0.2, 0) is 20.2 Å². The molecule has 33 heavy (non-hydrogen) atoms.